The number of aliphatic hydroxyl groups is 4. The van der Waals surface area contributed by atoms with Crippen LogP contribution in [-0.2, 0) is 4.74 Å². The molecule has 35 heavy (non-hydrogen) atoms. The van der Waals surface area contributed by atoms with Gasteiger partial charge in [-0.3, -0.25) is 0 Å². The highest BCUT2D eigenvalue weighted by molar-refractivity contribution is 5.25. The van der Waals surface area contributed by atoms with Crippen LogP contribution in [0.1, 0.15) is 113 Å². The molecule has 4 aliphatic carbocycles. The molecule has 11 atom stereocenters. The molecule has 5 aliphatic rings. The minimum Gasteiger partial charge on any atom is -0.393 e. The first-order chi connectivity index (χ1) is 15.9. The van der Waals surface area contributed by atoms with E-state index in [1.807, 2.05) is 6.92 Å². The van der Waals surface area contributed by atoms with Crippen LogP contribution in [0.5, 0.6) is 0 Å². The molecule has 5 nitrogen and oxygen atoms in total. The van der Waals surface area contributed by atoms with E-state index in [1.54, 1.807) is 13.8 Å². The van der Waals surface area contributed by atoms with Gasteiger partial charge in [0.25, 0.3) is 0 Å². The van der Waals surface area contributed by atoms with Crippen LogP contribution in [0.15, 0.2) is 0 Å². The van der Waals surface area contributed by atoms with Crippen molar-refractivity contribution in [3.63, 3.8) is 0 Å². The topological polar surface area (TPSA) is 90.2 Å². The fourth-order valence-electron chi connectivity index (χ4n) is 11.1. The Morgan fingerprint density at radius 2 is 1.43 bits per heavy atom. The third-order valence-corrected chi connectivity index (χ3v) is 13.4. The van der Waals surface area contributed by atoms with Gasteiger partial charge in [0.15, 0.2) is 0 Å². The van der Waals surface area contributed by atoms with E-state index >= 15 is 0 Å². The van der Waals surface area contributed by atoms with Crippen molar-refractivity contribution < 1.29 is 25.2 Å². The van der Waals surface area contributed by atoms with E-state index < -0.39 is 22.9 Å². The lowest BCUT2D eigenvalue weighted by atomic mass is 9.35. The van der Waals surface area contributed by atoms with E-state index in [9.17, 15) is 20.4 Å². The molecule has 0 aromatic carbocycles. The van der Waals surface area contributed by atoms with E-state index in [0.29, 0.717) is 31.1 Å². The van der Waals surface area contributed by atoms with Gasteiger partial charge in [0.05, 0.1) is 35.1 Å². The molecule has 4 saturated carbocycles. The highest BCUT2D eigenvalue weighted by atomic mass is 16.5. The maximum Gasteiger partial charge on any atom is 0.0991 e. The van der Waals surface area contributed by atoms with Gasteiger partial charge in [-0.1, -0.05) is 34.6 Å². The van der Waals surface area contributed by atoms with Gasteiger partial charge < -0.3 is 25.2 Å². The molecule has 4 N–H and O–H groups in total. The third kappa shape index (κ3) is 3.17. The largest absolute Gasteiger partial charge is 0.393 e. The summed E-state index contributed by atoms with van der Waals surface area (Å²) in [7, 11) is 0. The van der Waals surface area contributed by atoms with Crippen LogP contribution in [0.2, 0.25) is 0 Å². The molecule has 1 aliphatic heterocycles. The number of rotatable bonds is 2. The Balaban J connectivity index is 1.52. The molecule has 0 radical (unpaired) electrons. The van der Waals surface area contributed by atoms with E-state index in [0.717, 1.165) is 38.5 Å². The Morgan fingerprint density at radius 3 is 2.03 bits per heavy atom. The summed E-state index contributed by atoms with van der Waals surface area (Å²) in [6.07, 6.45) is 6.50. The second kappa shape index (κ2) is 7.46. The summed E-state index contributed by atoms with van der Waals surface area (Å²) in [5.74, 6) is 0.553. The van der Waals surface area contributed by atoms with Crippen LogP contribution in [0.3, 0.4) is 0 Å². The number of hydrogen-bond acceptors (Lipinski definition) is 5. The van der Waals surface area contributed by atoms with Gasteiger partial charge in [-0.15, -0.1) is 0 Å². The zero-order valence-corrected chi connectivity index (χ0v) is 23.5. The predicted molar refractivity (Wildman–Crippen MR) is 137 cm³/mol. The molecule has 0 bridgehead atoms. The number of aliphatic hydroxyl groups excluding tert-OH is 2. The second-order valence-electron chi connectivity index (χ2n) is 15.6. The van der Waals surface area contributed by atoms with E-state index in [4.69, 9.17) is 4.74 Å². The molecular formula is C30H52O5. The quantitative estimate of drug-likeness (QED) is 0.443. The second-order valence-corrected chi connectivity index (χ2v) is 15.6. The van der Waals surface area contributed by atoms with Gasteiger partial charge >= 0.3 is 0 Å². The molecule has 0 amide bonds. The van der Waals surface area contributed by atoms with Gasteiger partial charge in [0.2, 0.25) is 0 Å². The maximum absolute atomic E-state index is 12.5. The van der Waals surface area contributed by atoms with E-state index in [2.05, 4.69) is 34.6 Å². The van der Waals surface area contributed by atoms with Crippen molar-refractivity contribution in [3.8, 4) is 0 Å². The average molecular weight is 493 g/mol. The van der Waals surface area contributed by atoms with Crippen LogP contribution in [0.4, 0.5) is 0 Å². The minimum atomic E-state index is -1.12. The Morgan fingerprint density at radius 1 is 0.771 bits per heavy atom. The van der Waals surface area contributed by atoms with E-state index in [-0.39, 0.29) is 39.8 Å². The van der Waals surface area contributed by atoms with Crippen molar-refractivity contribution in [1.82, 2.24) is 0 Å². The van der Waals surface area contributed by atoms with Crippen LogP contribution in [-0.4, -0.2) is 55.5 Å². The number of hydrogen-bond donors (Lipinski definition) is 4. The first-order valence-corrected chi connectivity index (χ1v) is 14.4. The van der Waals surface area contributed by atoms with Crippen LogP contribution >= 0.6 is 0 Å². The van der Waals surface area contributed by atoms with Crippen molar-refractivity contribution in [2.45, 2.75) is 148 Å². The lowest BCUT2D eigenvalue weighted by molar-refractivity contribution is -0.277. The summed E-state index contributed by atoms with van der Waals surface area (Å²) in [5, 5.41) is 45.9. The summed E-state index contributed by atoms with van der Waals surface area (Å²) in [6, 6.07) is 0. The fourth-order valence-corrected chi connectivity index (χ4v) is 11.1. The summed E-state index contributed by atoms with van der Waals surface area (Å²) < 4.78 is 6.52. The van der Waals surface area contributed by atoms with Gasteiger partial charge in [0, 0.05) is 5.92 Å². The predicted octanol–water partition coefficient (Wildman–Crippen LogP) is 4.83. The summed E-state index contributed by atoms with van der Waals surface area (Å²) in [4.78, 5) is 0. The maximum atomic E-state index is 12.5. The van der Waals surface area contributed by atoms with Gasteiger partial charge in [-0.2, -0.15) is 0 Å². The van der Waals surface area contributed by atoms with Crippen LogP contribution in [0.25, 0.3) is 0 Å². The number of fused-ring (bicyclic) bond motifs is 5. The molecule has 202 valence electrons. The van der Waals surface area contributed by atoms with Gasteiger partial charge in [-0.05, 0) is 112 Å². The molecule has 0 unspecified atom stereocenters. The van der Waals surface area contributed by atoms with Crippen molar-refractivity contribution in [2.75, 3.05) is 0 Å². The van der Waals surface area contributed by atoms with Crippen molar-refractivity contribution in [3.05, 3.63) is 0 Å². The molecule has 5 rings (SSSR count). The van der Waals surface area contributed by atoms with E-state index in [1.165, 1.54) is 0 Å². The molecule has 0 aromatic heterocycles. The smallest absolute Gasteiger partial charge is 0.0991 e. The first kappa shape index (κ1) is 26.4. The molecule has 1 saturated heterocycles. The van der Waals surface area contributed by atoms with Crippen LogP contribution < -0.4 is 0 Å². The molecule has 5 heteroatoms. The average Bonchev–Trinajstić information content (AvgIpc) is 3.29. The molecule has 0 spiro atoms. The summed E-state index contributed by atoms with van der Waals surface area (Å²) in [5.41, 5.74) is -3.08. The van der Waals surface area contributed by atoms with Gasteiger partial charge in [0.1, 0.15) is 0 Å². The molecule has 0 aromatic rings. The third-order valence-electron chi connectivity index (χ3n) is 13.4. The zero-order chi connectivity index (χ0) is 26.0. The van der Waals surface area contributed by atoms with Gasteiger partial charge in [-0.25, -0.2) is 0 Å². The highest BCUT2D eigenvalue weighted by Crippen LogP contribution is 2.76. The van der Waals surface area contributed by atoms with Crippen molar-refractivity contribution in [1.29, 1.82) is 0 Å². The molecular weight excluding hydrogens is 440 g/mol. The molecule has 1 heterocycles. The summed E-state index contributed by atoms with van der Waals surface area (Å²) >= 11 is 0. The lowest BCUT2D eigenvalue weighted by Gasteiger charge is -2.71. The Kier molecular flexibility index (Phi) is 5.63. The standard InChI is InChI=1S/C30H52O5/c1-24(2)19-9-13-27(6)20(26(19,5)12-10-21(24)32)17-18(31)23-28(27,7)15-16-30(23,34)29(8)14-11-22(35-29)25(3,4)33/h18-23,31-34H,9-17H2,1-8H3/t18-,19+,20-,21+,22+,23+,26+,27-,28-,29+,30-/m1/s1. The van der Waals surface area contributed by atoms with Crippen molar-refractivity contribution in [2.24, 2.45) is 39.4 Å². The van der Waals surface area contributed by atoms with Crippen LogP contribution in [0, 0.1) is 39.4 Å². The number of ether oxygens (including phenoxy) is 1. The van der Waals surface area contributed by atoms with Crippen molar-refractivity contribution >= 4 is 0 Å². The summed E-state index contributed by atoms with van der Waals surface area (Å²) in [6.45, 7) is 17.3. The Labute approximate surface area is 213 Å². The zero-order valence-electron chi connectivity index (χ0n) is 23.5. The highest BCUT2D eigenvalue weighted by Gasteiger charge is 2.75. The Bertz CT molecular complexity index is 865. The lowest BCUT2D eigenvalue weighted by Crippen LogP contribution is -2.69. The SMILES string of the molecule is CC(C)(O)[C@@H]1CC[C@@](C)([C@@]2(O)CC[C@]3(C)[C@@H]2[C@H](O)C[C@@H]2[C@@]4(C)CC[C@H](O)C(C)(C)[C@@H]4CC[C@]23C)O1. The minimum absolute atomic E-state index is 0.00954. The molecule has 5 fully saturated rings. The first-order valence-electron chi connectivity index (χ1n) is 14.4. The normalized spacial score (nSPS) is 57.9. The Hall–Kier alpha value is -0.200. The fraction of sp³-hybridized carbons (Fsp3) is 1.00. The monoisotopic (exact) mass is 492 g/mol.